The highest BCUT2D eigenvalue weighted by molar-refractivity contribution is 6.07. The number of anilines is 2. The summed E-state index contributed by atoms with van der Waals surface area (Å²) in [6.45, 7) is 1.29. The van der Waals surface area contributed by atoms with Gasteiger partial charge in [0.25, 0.3) is 5.91 Å². The van der Waals surface area contributed by atoms with Gasteiger partial charge >= 0.3 is 0 Å². The van der Waals surface area contributed by atoms with Crippen LogP contribution in [0.15, 0.2) is 36.7 Å². The summed E-state index contributed by atoms with van der Waals surface area (Å²) in [5.74, 6) is -0.371. The van der Waals surface area contributed by atoms with E-state index < -0.39 is 5.82 Å². The SMILES string of the molecule is COc1c(F)cccc1Nc1c2[nH]c3c1C(=O)NCC3CCC(=O)NCCCOc1cnccc1-2. The van der Waals surface area contributed by atoms with Gasteiger partial charge in [0.2, 0.25) is 5.91 Å². The molecule has 10 heteroatoms. The Kier molecular flexibility index (Phi) is 6.26. The van der Waals surface area contributed by atoms with Gasteiger partial charge in [-0.05, 0) is 31.0 Å². The Labute approximate surface area is 201 Å². The Balaban J connectivity index is 1.70. The Hall–Kier alpha value is -4.08. The summed E-state index contributed by atoms with van der Waals surface area (Å²) in [7, 11) is 1.39. The summed E-state index contributed by atoms with van der Waals surface area (Å²) in [5, 5.41) is 9.09. The van der Waals surface area contributed by atoms with Gasteiger partial charge in [0.05, 0.1) is 42.5 Å². The monoisotopic (exact) mass is 479 g/mol. The fourth-order valence-corrected chi connectivity index (χ4v) is 4.57. The molecule has 0 aliphatic carbocycles. The number of benzene rings is 1. The molecule has 1 aromatic carbocycles. The topological polar surface area (TPSA) is 117 Å². The van der Waals surface area contributed by atoms with Crippen molar-refractivity contribution in [1.29, 1.82) is 0 Å². The quantitative estimate of drug-likeness (QED) is 0.457. The Morgan fingerprint density at radius 2 is 2.11 bits per heavy atom. The molecular formula is C25H26FN5O4. The minimum atomic E-state index is -0.525. The standard InChI is InChI=1S/C25H26FN5O4/c1-34-24-16(26)4-2-5-17(24)30-23-20-21-14(12-29-25(20)33)6-7-19(32)28-9-3-11-35-18-13-27-10-8-15(18)22(23)31-21/h2,4-5,8,10,13-14,30-31H,3,6-7,9,11-12H2,1H3,(H,28,32)(H,29,33). The van der Waals surface area contributed by atoms with Gasteiger partial charge in [-0.2, -0.15) is 0 Å². The van der Waals surface area contributed by atoms with E-state index >= 15 is 0 Å². The van der Waals surface area contributed by atoms with Crippen LogP contribution in [-0.4, -0.2) is 48.6 Å². The lowest BCUT2D eigenvalue weighted by Gasteiger charge is -2.23. The number of aromatic amines is 1. The van der Waals surface area contributed by atoms with Gasteiger partial charge in [-0.25, -0.2) is 4.39 Å². The van der Waals surface area contributed by atoms with Crippen molar-refractivity contribution < 1.29 is 23.5 Å². The highest BCUT2D eigenvalue weighted by Crippen LogP contribution is 2.44. The number of pyridine rings is 1. The van der Waals surface area contributed by atoms with Gasteiger partial charge in [-0.1, -0.05) is 6.07 Å². The molecule has 9 nitrogen and oxygen atoms in total. The molecule has 0 saturated heterocycles. The number of halogens is 1. The second-order valence-corrected chi connectivity index (χ2v) is 8.48. The first-order valence-electron chi connectivity index (χ1n) is 11.5. The van der Waals surface area contributed by atoms with E-state index in [0.717, 1.165) is 0 Å². The molecule has 0 spiro atoms. The number of carbonyl (C=O) groups excluding carboxylic acids is 2. The van der Waals surface area contributed by atoms with E-state index in [2.05, 4.69) is 25.9 Å². The van der Waals surface area contributed by atoms with E-state index in [9.17, 15) is 14.0 Å². The van der Waals surface area contributed by atoms with Crippen molar-refractivity contribution in [2.24, 2.45) is 0 Å². The molecule has 2 aromatic heterocycles. The fourth-order valence-electron chi connectivity index (χ4n) is 4.57. The molecule has 5 rings (SSSR count). The average Bonchev–Trinajstić information content (AvgIpc) is 3.23. The van der Waals surface area contributed by atoms with Gasteiger partial charge in [0.1, 0.15) is 5.75 Å². The molecule has 0 fully saturated rings. The lowest BCUT2D eigenvalue weighted by Crippen LogP contribution is -2.35. The summed E-state index contributed by atoms with van der Waals surface area (Å²) in [4.78, 5) is 33.1. The number of para-hydroxylation sites is 1. The molecule has 2 bridgehead atoms. The third kappa shape index (κ3) is 4.39. The van der Waals surface area contributed by atoms with Crippen LogP contribution in [0.25, 0.3) is 11.3 Å². The Morgan fingerprint density at radius 3 is 2.97 bits per heavy atom. The van der Waals surface area contributed by atoms with Gasteiger partial charge < -0.3 is 30.4 Å². The molecule has 3 aromatic rings. The van der Waals surface area contributed by atoms with Crippen molar-refractivity contribution in [3.8, 4) is 22.8 Å². The lowest BCUT2D eigenvalue weighted by molar-refractivity contribution is -0.121. The summed E-state index contributed by atoms with van der Waals surface area (Å²) < 4.78 is 25.7. The number of carbonyl (C=O) groups is 2. The first kappa shape index (κ1) is 22.7. The number of H-pyrrole nitrogens is 1. The molecule has 1 atom stereocenters. The molecule has 4 heterocycles. The lowest BCUT2D eigenvalue weighted by atomic mass is 9.92. The van der Waals surface area contributed by atoms with Crippen LogP contribution in [0, 0.1) is 5.82 Å². The first-order chi connectivity index (χ1) is 17.1. The molecule has 182 valence electrons. The van der Waals surface area contributed by atoms with E-state index in [1.54, 1.807) is 30.6 Å². The maximum absolute atomic E-state index is 14.4. The van der Waals surface area contributed by atoms with E-state index in [1.807, 2.05) is 0 Å². The van der Waals surface area contributed by atoms with Crippen LogP contribution >= 0.6 is 0 Å². The van der Waals surface area contributed by atoms with Crippen LogP contribution in [0.1, 0.15) is 41.2 Å². The minimum Gasteiger partial charge on any atom is -0.492 e. The summed E-state index contributed by atoms with van der Waals surface area (Å²) in [5.41, 5.74) is 3.30. The molecule has 1 unspecified atom stereocenters. The highest BCUT2D eigenvalue weighted by Gasteiger charge is 2.34. The maximum Gasteiger partial charge on any atom is 0.255 e. The second kappa shape index (κ2) is 9.65. The Morgan fingerprint density at radius 1 is 1.23 bits per heavy atom. The van der Waals surface area contributed by atoms with Gasteiger partial charge in [-0.15, -0.1) is 0 Å². The van der Waals surface area contributed by atoms with E-state index in [-0.39, 0.29) is 23.5 Å². The molecule has 4 N–H and O–H groups in total. The van der Waals surface area contributed by atoms with Crippen molar-refractivity contribution in [2.45, 2.75) is 25.2 Å². The van der Waals surface area contributed by atoms with Crippen molar-refractivity contribution in [3.05, 3.63) is 53.7 Å². The molecule has 2 amide bonds. The number of hydrogen-bond acceptors (Lipinski definition) is 6. The van der Waals surface area contributed by atoms with Gasteiger partial charge in [0, 0.05) is 42.9 Å². The zero-order valence-corrected chi connectivity index (χ0v) is 19.2. The predicted octanol–water partition coefficient (Wildman–Crippen LogP) is 3.47. The predicted molar refractivity (Wildman–Crippen MR) is 128 cm³/mol. The number of aromatic nitrogens is 2. The first-order valence-corrected chi connectivity index (χ1v) is 11.5. The average molecular weight is 480 g/mol. The van der Waals surface area contributed by atoms with E-state index in [1.165, 1.54) is 13.2 Å². The molecular weight excluding hydrogens is 453 g/mol. The number of hydrogen-bond donors (Lipinski definition) is 4. The smallest absolute Gasteiger partial charge is 0.255 e. The maximum atomic E-state index is 14.4. The van der Waals surface area contributed by atoms with Crippen molar-refractivity contribution >= 4 is 23.2 Å². The van der Waals surface area contributed by atoms with Crippen LogP contribution in [0.2, 0.25) is 0 Å². The highest BCUT2D eigenvalue weighted by atomic mass is 19.1. The van der Waals surface area contributed by atoms with Gasteiger partial charge in [0.15, 0.2) is 11.6 Å². The normalized spacial score (nSPS) is 17.8. The van der Waals surface area contributed by atoms with Crippen molar-refractivity contribution in [3.63, 3.8) is 0 Å². The fraction of sp³-hybridized carbons (Fsp3) is 0.320. The third-order valence-electron chi connectivity index (χ3n) is 6.28. The number of rotatable bonds is 3. The zero-order chi connectivity index (χ0) is 24.4. The number of ether oxygens (including phenoxy) is 2. The van der Waals surface area contributed by atoms with E-state index in [0.29, 0.717) is 78.6 Å². The number of nitrogens with one attached hydrogen (secondary N) is 4. The van der Waals surface area contributed by atoms with Crippen molar-refractivity contribution in [1.82, 2.24) is 20.6 Å². The van der Waals surface area contributed by atoms with E-state index in [4.69, 9.17) is 9.47 Å². The van der Waals surface area contributed by atoms with Crippen LogP contribution in [-0.2, 0) is 4.79 Å². The molecule has 2 aliphatic rings. The number of amides is 2. The van der Waals surface area contributed by atoms with Crippen LogP contribution in [0.3, 0.4) is 0 Å². The molecule has 0 radical (unpaired) electrons. The van der Waals surface area contributed by atoms with Crippen LogP contribution in [0.5, 0.6) is 11.5 Å². The second-order valence-electron chi connectivity index (χ2n) is 8.48. The minimum absolute atomic E-state index is 0.0370. The largest absolute Gasteiger partial charge is 0.492 e. The summed E-state index contributed by atoms with van der Waals surface area (Å²) >= 11 is 0. The molecule has 35 heavy (non-hydrogen) atoms. The Bertz CT molecular complexity index is 1270. The van der Waals surface area contributed by atoms with Gasteiger partial charge in [-0.3, -0.25) is 14.6 Å². The number of methoxy groups -OCH3 is 1. The number of nitrogens with zero attached hydrogens (tertiary/aromatic N) is 1. The molecule has 2 aliphatic heterocycles. The third-order valence-corrected chi connectivity index (χ3v) is 6.28. The van der Waals surface area contributed by atoms with Crippen LogP contribution < -0.4 is 25.4 Å². The number of fused-ring (bicyclic) bond motifs is 3. The van der Waals surface area contributed by atoms with Crippen molar-refractivity contribution in [2.75, 3.05) is 32.1 Å². The summed E-state index contributed by atoms with van der Waals surface area (Å²) in [6, 6.07) is 6.36. The molecule has 0 saturated carbocycles. The summed E-state index contributed by atoms with van der Waals surface area (Å²) in [6.07, 6.45) is 4.78. The zero-order valence-electron chi connectivity index (χ0n) is 19.2. The van der Waals surface area contributed by atoms with Crippen LogP contribution in [0.4, 0.5) is 15.8 Å².